The standard InChI is InChI=1S/C26H34N4O3/c1-17(2)24(19-10-11-22(32-4)23(16-19)33-5)28-26(31)30-14-12-18(13-15-30)25-27-20-8-6-7-9-21(20)29(25)3/h6-11,16-18,24H,12-15H2,1-5H3,(H,28,31)/t24-/m1/s1. The number of carbonyl (C=O) groups excluding carboxylic acids is 1. The number of aryl methyl sites for hydroxylation is 1. The molecule has 1 saturated heterocycles. The number of para-hydroxylation sites is 2. The van der Waals surface area contributed by atoms with E-state index < -0.39 is 0 Å². The Kier molecular flexibility index (Phi) is 6.77. The lowest BCUT2D eigenvalue weighted by Gasteiger charge is -2.34. The van der Waals surface area contributed by atoms with E-state index in [4.69, 9.17) is 14.5 Å². The number of ether oxygens (including phenoxy) is 2. The van der Waals surface area contributed by atoms with Gasteiger partial charge in [0.15, 0.2) is 11.5 Å². The molecular weight excluding hydrogens is 416 g/mol. The number of urea groups is 1. The zero-order chi connectivity index (χ0) is 23.5. The smallest absolute Gasteiger partial charge is 0.317 e. The Morgan fingerprint density at radius 3 is 2.39 bits per heavy atom. The Morgan fingerprint density at radius 2 is 1.76 bits per heavy atom. The minimum absolute atomic E-state index is 0.0214. The van der Waals surface area contributed by atoms with Gasteiger partial charge in [0.25, 0.3) is 0 Å². The maximum absolute atomic E-state index is 13.2. The van der Waals surface area contributed by atoms with Gasteiger partial charge < -0.3 is 24.3 Å². The molecule has 1 N–H and O–H groups in total. The molecule has 0 radical (unpaired) electrons. The maximum Gasteiger partial charge on any atom is 0.317 e. The van der Waals surface area contributed by atoms with E-state index in [1.807, 2.05) is 35.2 Å². The molecule has 7 heteroatoms. The lowest BCUT2D eigenvalue weighted by atomic mass is 9.95. The van der Waals surface area contributed by atoms with Gasteiger partial charge in [-0.05, 0) is 48.6 Å². The van der Waals surface area contributed by atoms with Crippen LogP contribution in [0.5, 0.6) is 11.5 Å². The summed E-state index contributed by atoms with van der Waals surface area (Å²) in [5, 5.41) is 3.25. The van der Waals surface area contributed by atoms with E-state index in [-0.39, 0.29) is 18.0 Å². The number of nitrogens with one attached hydrogen (secondary N) is 1. The Bertz CT molecular complexity index is 1120. The van der Waals surface area contributed by atoms with Gasteiger partial charge in [0, 0.05) is 26.1 Å². The van der Waals surface area contributed by atoms with Gasteiger partial charge in [-0.3, -0.25) is 0 Å². The topological polar surface area (TPSA) is 68.6 Å². The summed E-state index contributed by atoms with van der Waals surface area (Å²) in [5.41, 5.74) is 3.19. The highest BCUT2D eigenvalue weighted by atomic mass is 16.5. The molecule has 2 heterocycles. The third-order valence-corrected chi connectivity index (χ3v) is 6.68. The zero-order valence-electron chi connectivity index (χ0n) is 20.2. The number of piperidine rings is 1. The molecule has 0 bridgehead atoms. The van der Waals surface area contributed by atoms with Crippen LogP contribution in [0, 0.1) is 5.92 Å². The average molecular weight is 451 g/mol. The Hall–Kier alpha value is -3.22. The summed E-state index contributed by atoms with van der Waals surface area (Å²) in [6.07, 6.45) is 1.82. The number of fused-ring (bicyclic) bond motifs is 1. The van der Waals surface area contributed by atoms with Crippen molar-refractivity contribution in [2.75, 3.05) is 27.3 Å². The summed E-state index contributed by atoms with van der Waals surface area (Å²) in [6.45, 7) is 5.66. The van der Waals surface area contributed by atoms with Crippen LogP contribution in [-0.2, 0) is 7.05 Å². The van der Waals surface area contributed by atoms with Crippen LogP contribution >= 0.6 is 0 Å². The van der Waals surface area contributed by atoms with Gasteiger partial charge in [0.2, 0.25) is 0 Å². The van der Waals surface area contributed by atoms with Crippen LogP contribution < -0.4 is 14.8 Å². The van der Waals surface area contributed by atoms with E-state index in [0.717, 1.165) is 48.4 Å². The Labute approximate surface area is 195 Å². The van der Waals surface area contributed by atoms with Crippen molar-refractivity contribution in [2.24, 2.45) is 13.0 Å². The summed E-state index contributed by atoms with van der Waals surface area (Å²) in [5.74, 6) is 3.04. The van der Waals surface area contributed by atoms with Crippen molar-refractivity contribution >= 4 is 17.1 Å². The largest absolute Gasteiger partial charge is 0.493 e. The van der Waals surface area contributed by atoms with Crippen molar-refractivity contribution in [1.29, 1.82) is 0 Å². The molecule has 2 aromatic carbocycles. The number of carbonyl (C=O) groups is 1. The second kappa shape index (κ2) is 9.73. The van der Waals surface area contributed by atoms with Crippen LogP contribution in [0.25, 0.3) is 11.0 Å². The summed E-state index contributed by atoms with van der Waals surface area (Å²) >= 11 is 0. The first-order chi connectivity index (χ1) is 15.9. The normalized spacial score (nSPS) is 15.6. The van der Waals surface area contributed by atoms with E-state index in [2.05, 4.69) is 42.9 Å². The van der Waals surface area contributed by atoms with Gasteiger partial charge in [0.1, 0.15) is 5.82 Å². The first kappa shape index (κ1) is 23.0. The fourth-order valence-corrected chi connectivity index (χ4v) is 4.78. The van der Waals surface area contributed by atoms with Gasteiger partial charge in [-0.25, -0.2) is 9.78 Å². The summed E-state index contributed by atoms with van der Waals surface area (Å²) in [6, 6.07) is 13.9. The number of benzene rings is 2. The molecule has 1 aromatic heterocycles. The second-order valence-corrected chi connectivity index (χ2v) is 9.06. The number of amides is 2. The number of aromatic nitrogens is 2. The molecular formula is C26H34N4O3. The molecule has 1 aliphatic heterocycles. The monoisotopic (exact) mass is 450 g/mol. The maximum atomic E-state index is 13.2. The molecule has 0 aliphatic carbocycles. The number of rotatable bonds is 6. The highest BCUT2D eigenvalue weighted by Gasteiger charge is 2.29. The van der Waals surface area contributed by atoms with Crippen molar-refractivity contribution in [1.82, 2.24) is 19.8 Å². The molecule has 0 saturated carbocycles. The predicted molar refractivity (Wildman–Crippen MR) is 130 cm³/mol. The number of hydrogen-bond donors (Lipinski definition) is 1. The number of likely N-dealkylation sites (tertiary alicyclic amines) is 1. The van der Waals surface area contributed by atoms with Crippen LogP contribution in [0.15, 0.2) is 42.5 Å². The quantitative estimate of drug-likeness (QED) is 0.581. The van der Waals surface area contributed by atoms with E-state index in [9.17, 15) is 4.79 Å². The van der Waals surface area contributed by atoms with Crippen molar-refractivity contribution < 1.29 is 14.3 Å². The number of imidazole rings is 1. The van der Waals surface area contributed by atoms with Gasteiger partial charge in [-0.1, -0.05) is 32.0 Å². The molecule has 33 heavy (non-hydrogen) atoms. The third kappa shape index (κ3) is 4.63. The molecule has 4 rings (SSSR count). The Balaban J connectivity index is 1.42. The first-order valence-corrected chi connectivity index (χ1v) is 11.6. The van der Waals surface area contributed by atoms with Crippen LogP contribution in [0.4, 0.5) is 4.79 Å². The molecule has 1 atom stereocenters. The molecule has 0 spiro atoms. The van der Waals surface area contributed by atoms with Crippen LogP contribution in [0.2, 0.25) is 0 Å². The van der Waals surface area contributed by atoms with E-state index in [0.29, 0.717) is 17.4 Å². The summed E-state index contributed by atoms with van der Waals surface area (Å²) in [7, 11) is 5.33. The van der Waals surface area contributed by atoms with Crippen LogP contribution in [-0.4, -0.2) is 47.8 Å². The summed E-state index contributed by atoms with van der Waals surface area (Å²) < 4.78 is 13.0. The number of methoxy groups -OCH3 is 2. The lowest BCUT2D eigenvalue weighted by Crippen LogP contribution is -2.46. The van der Waals surface area contributed by atoms with Gasteiger partial charge >= 0.3 is 6.03 Å². The molecule has 176 valence electrons. The lowest BCUT2D eigenvalue weighted by molar-refractivity contribution is 0.173. The first-order valence-electron chi connectivity index (χ1n) is 11.6. The van der Waals surface area contributed by atoms with Gasteiger partial charge in [-0.2, -0.15) is 0 Å². The highest BCUT2D eigenvalue weighted by molar-refractivity contribution is 5.76. The van der Waals surface area contributed by atoms with Crippen LogP contribution in [0.3, 0.4) is 0 Å². The van der Waals surface area contributed by atoms with Crippen molar-refractivity contribution in [3.05, 3.63) is 53.9 Å². The number of nitrogens with zero attached hydrogens (tertiary/aromatic N) is 3. The molecule has 1 aliphatic rings. The average Bonchev–Trinajstić information content (AvgIpc) is 3.18. The fourth-order valence-electron chi connectivity index (χ4n) is 4.78. The van der Waals surface area contributed by atoms with E-state index in [1.165, 1.54) is 0 Å². The third-order valence-electron chi connectivity index (χ3n) is 6.68. The number of hydrogen-bond acceptors (Lipinski definition) is 4. The predicted octanol–water partition coefficient (Wildman–Crippen LogP) is 4.88. The van der Waals surface area contributed by atoms with Crippen molar-refractivity contribution in [2.45, 2.75) is 38.6 Å². The highest BCUT2D eigenvalue weighted by Crippen LogP contribution is 2.33. The van der Waals surface area contributed by atoms with E-state index >= 15 is 0 Å². The van der Waals surface area contributed by atoms with Crippen molar-refractivity contribution in [3.8, 4) is 11.5 Å². The molecule has 1 fully saturated rings. The van der Waals surface area contributed by atoms with Crippen molar-refractivity contribution in [3.63, 3.8) is 0 Å². The zero-order valence-corrected chi connectivity index (χ0v) is 20.2. The Morgan fingerprint density at radius 1 is 1.06 bits per heavy atom. The second-order valence-electron chi connectivity index (χ2n) is 9.06. The van der Waals surface area contributed by atoms with E-state index in [1.54, 1.807) is 14.2 Å². The molecule has 3 aromatic rings. The molecule has 7 nitrogen and oxygen atoms in total. The molecule has 0 unspecified atom stereocenters. The van der Waals surface area contributed by atoms with Gasteiger partial charge in [0.05, 0.1) is 31.3 Å². The minimum Gasteiger partial charge on any atom is -0.493 e. The molecule has 2 amide bonds. The fraction of sp³-hybridized carbons (Fsp3) is 0.462. The summed E-state index contributed by atoms with van der Waals surface area (Å²) in [4.78, 5) is 19.9. The van der Waals surface area contributed by atoms with Crippen LogP contribution in [0.1, 0.15) is 50.0 Å². The minimum atomic E-state index is -0.116. The van der Waals surface area contributed by atoms with Gasteiger partial charge in [-0.15, -0.1) is 0 Å². The SMILES string of the molecule is COc1ccc([C@H](NC(=O)N2CCC(c3nc4ccccc4n3C)CC2)C(C)C)cc1OC.